The average Bonchev–Trinajstić information content (AvgIpc) is 2.33. The van der Waals surface area contributed by atoms with E-state index in [-0.39, 0.29) is 0 Å². The molecule has 1 aliphatic rings. The Bertz CT molecular complexity index is 406. The molecule has 1 rings (SSSR count). The summed E-state index contributed by atoms with van der Waals surface area (Å²) in [6, 6.07) is -1.16. The second kappa shape index (κ2) is 7.75. The van der Waals surface area contributed by atoms with Gasteiger partial charge in [0.2, 0.25) is 0 Å². The van der Waals surface area contributed by atoms with Crippen LogP contribution in [0.15, 0.2) is 0 Å². The fourth-order valence-electron chi connectivity index (χ4n) is 2.42. The van der Waals surface area contributed by atoms with E-state index < -0.39 is 28.8 Å². The molecule has 1 saturated heterocycles. The highest BCUT2D eigenvalue weighted by atomic mass is 32.2. The van der Waals surface area contributed by atoms with Crippen LogP contribution < -0.4 is 10.0 Å². The fraction of sp³-hybridized carbons (Fsp3) is 1.00. The Morgan fingerprint density at radius 3 is 2.33 bits per heavy atom. The van der Waals surface area contributed by atoms with E-state index in [1.165, 1.54) is 11.2 Å². The van der Waals surface area contributed by atoms with Crippen LogP contribution in [0.5, 0.6) is 0 Å². The molecular formula is C12H24F3N3O2S. The van der Waals surface area contributed by atoms with E-state index in [2.05, 4.69) is 10.0 Å². The van der Waals surface area contributed by atoms with Crippen LogP contribution in [0.1, 0.15) is 33.1 Å². The smallest absolute Gasteiger partial charge is 0.317 e. The van der Waals surface area contributed by atoms with Crippen LogP contribution in [-0.2, 0) is 10.2 Å². The molecule has 126 valence electrons. The third kappa shape index (κ3) is 6.94. The zero-order valence-electron chi connectivity index (χ0n) is 12.4. The number of nitrogens with zero attached hydrogens (tertiary/aromatic N) is 1. The van der Waals surface area contributed by atoms with Crippen molar-refractivity contribution in [2.45, 2.75) is 45.3 Å². The first kappa shape index (κ1) is 18.7. The van der Waals surface area contributed by atoms with Gasteiger partial charge in [0.05, 0.1) is 6.42 Å². The molecule has 1 heterocycles. The van der Waals surface area contributed by atoms with E-state index in [1.807, 2.05) is 6.92 Å². The first-order valence-corrected chi connectivity index (χ1v) is 8.63. The standard InChI is InChI=1S/C12H24F3N3O2S/c1-3-16-9-11-4-6-18(7-5-11)21(19,20)17-10(2)8-12(13,14)15/h10-11,16-17H,3-9H2,1-2H3. The van der Waals surface area contributed by atoms with Crippen LogP contribution in [0.4, 0.5) is 13.2 Å². The van der Waals surface area contributed by atoms with Crippen molar-refractivity contribution >= 4 is 10.2 Å². The topological polar surface area (TPSA) is 61.4 Å². The van der Waals surface area contributed by atoms with Crippen molar-refractivity contribution in [2.75, 3.05) is 26.2 Å². The number of hydrogen-bond donors (Lipinski definition) is 2. The van der Waals surface area contributed by atoms with E-state index >= 15 is 0 Å². The number of alkyl halides is 3. The van der Waals surface area contributed by atoms with Gasteiger partial charge in [-0.25, -0.2) is 0 Å². The quantitative estimate of drug-likeness (QED) is 0.743. The lowest BCUT2D eigenvalue weighted by atomic mass is 9.98. The first-order valence-electron chi connectivity index (χ1n) is 7.19. The van der Waals surface area contributed by atoms with E-state index in [0.29, 0.717) is 19.0 Å². The molecule has 1 fully saturated rings. The van der Waals surface area contributed by atoms with E-state index in [0.717, 1.165) is 25.9 Å². The summed E-state index contributed by atoms with van der Waals surface area (Å²) in [6.45, 7) is 5.65. The van der Waals surface area contributed by atoms with Crippen molar-refractivity contribution < 1.29 is 21.6 Å². The van der Waals surface area contributed by atoms with Gasteiger partial charge in [-0.15, -0.1) is 0 Å². The largest absolute Gasteiger partial charge is 0.390 e. The summed E-state index contributed by atoms with van der Waals surface area (Å²) in [5.74, 6) is 0.420. The number of nitrogens with one attached hydrogen (secondary N) is 2. The molecule has 0 saturated carbocycles. The molecule has 0 aliphatic carbocycles. The van der Waals surface area contributed by atoms with Gasteiger partial charge in [0.1, 0.15) is 0 Å². The molecule has 21 heavy (non-hydrogen) atoms. The minimum Gasteiger partial charge on any atom is -0.317 e. The number of halogens is 3. The molecule has 0 bridgehead atoms. The monoisotopic (exact) mass is 331 g/mol. The molecule has 0 radical (unpaired) electrons. The summed E-state index contributed by atoms with van der Waals surface area (Å²) in [4.78, 5) is 0. The molecule has 0 aromatic heterocycles. The van der Waals surface area contributed by atoms with Crippen LogP contribution in [-0.4, -0.2) is 51.1 Å². The summed E-state index contributed by atoms with van der Waals surface area (Å²) < 4.78 is 64.1. The molecule has 1 atom stereocenters. The summed E-state index contributed by atoms with van der Waals surface area (Å²) in [6.07, 6.45) is -4.09. The van der Waals surface area contributed by atoms with Gasteiger partial charge in [0, 0.05) is 19.1 Å². The number of rotatable bonds is 7. The van der Waals surface area contributed by atoms with Gasteiger partial charge in [0.15, 0.2) is 0 Å². The van der Waals surface area contributed by atoms with Crippen molar-refractivity contribution in [3.8, 4) is 0 Å². The Morgan fingerprint density at radius 1 is 1.29 bits per heavy atom. The first-order chi connectivity index (χ1) is 9.64. The molecule has 2 N–H and O–H groups in total. The Kier molecular flexibility index (Phi) is 6.89. The highest BCUT2D eigenvalue weighted by Gasteiger charge is 2.34. The maximum atomic E-state index is 12.2. The molecule has 0 spiro atoms. The van der Waals surface area contributed by atoms with Gasteiger partial charge in [-0.05, 0) is 38.8 Å². The predicted molar refractivity (Wildman–Crippen MR) is 75.0 cm³/mol. The van der Waals surface area contributed by atoms with Crippen LogP contribution in [0.2, 0.25) is 0 Å². The SMILES string of the molecule is CCNCC1CCN(S(=O)(=O)NC(C)CC(F)(F)F)CC1. The third-order valence-electron chi connectivity index (χ3n) is 3.48. The van der Waals surface area contributed by atoms with Crippen molar-refractivity contribution in [1.82, 2.24) is 14.3 Å². The fourth-order valence-corrected chi connectivity index (χ4v) is 3.85. The minimum absolute atomic E-state index is 0.351. The third-order valence-corrected chi connectivity index (χ3v) is 5.23. The number of piperidine rings is 1. The molecule has 5 nitrogen and oxygen atoms in total. The Morgan fingerprint density at radius 2 is 1.86 bits per heavy atom. The molecular weight excluding hydrogens is 307 g/mol. The maximum absolute atomic E-state index is 12.2. The normalized spacial score (nSPS) is 20.6. The molecule has 1 unspecified atom stereocenters. The highest BCUT2D eigenvalue weighted by Crippen LogP contribution is 2.23. The lowest BCUT2D eigenvalue weighted by Crippen LogP contribution is -2.49. The van der Waals surface area contributed by atoms with Crippen molar-refractivity contribution in [1.29, 1.82) is 0 Å². The molecule has 9 heteroatoms. The van der Waals surface area contributed by atoms with Crippen LogP contribution in [0.25, 0.3) is 0 Å². The van der Waals surface area contributed by atoms with Crippen molar-refractivity contribution in [3.63, 3.8) is 0 Å². The maximum Gasteiger partial charge on any atom is 0.390 e. The van der Waals surface area contributed by atoms with E-state index in [9.17, 15) is 21.6 Å². The van der Waals surface area contributed by atoms with Gasteiger partial charge in [-0.2, -0.15) is 30.6 Å². The summed E-state index contributed by atoms with van der Waals surface area (Å²) in [7, 11) is -3.84. The van der Waals surface area contributed by atoms with Gasteiger partial charge in [-0.3, -0.25) is 0 Å². The Hall–Kier alpha value is -0.380. The second-order valence-electron chi connectivity index (χ2n) is 5.49. The summed E-state index contributed by atoms with van der Waals surface area (Å²) in [5, 5.41) is 3.22. The molecule has 0 aromatic rings. The van der Waals surface area contributed by atoms with E-state index in [4.69, 9.17) is 0 Å². The van der Waals surface area contributed by atoms with E-state index in [1.54, 1.807) is 0 Å². The van der Waals surface area contributed by atoms with Gasteiger partial charge in [-0.1, -0.05) is 6.92 Å². The lowest BCUT2D eigenvalue weighted by Gasteiger charge is -2.32. The van der Waals surface area contributed by atoms with Crippen LogP contribution in [0, 0.1) is 5.92 Å². The van der Waals surface area contributed by atoms with Gasteiger partial charge in [0.25, 0.3) is 10.2 Å². The second-order valence-corrected chi connectivity index (χ2v) is 7.20. The van der Waals surface area contributed by atoms with Crippen LogP contribution >= 0.6 is 0 Å². The van der Waals surface area contributed by atoms with Gasteiger partial charge < -0.3 is 5.32 Å². The molecule has 0 amide bonds. The van der Waals surface area contributed by atoms with Crippen LogP contribution in [0.3, 0.4) is 0 Å². The average molecular weight is 331 g/mol. The predicted octanol–water partition coefficient (Wildman–Crippen LogP) is 1.48. The van der Waals surface area contributed by atoms with Crippen molar-refractivity contribution in [2.24, 2.45) is 5.92 Å². The minimum atomic E-state index is -4.37. The molecule has 1 aliphatic heterocycles. The zero-order valence-corrected chi connectivity index (χ0v) is 13.2. The highest BCUT2D eigenvalue weighted by molar-refractivity contribution is 7.87. The lowest BCUT2D eigenvalue weighted by molar-refractivity contribution is -0.138. The number of hydrogen-bond acceptors (Lipinski definition) is 3. The van der Waals surface area contributed by atoms with Gasteiger partial charge >= 0.3 is 6.18 Å². The summed E-state index contributed by atoms with van der Waals surface area (Å²) in [5.41, 5.74) is 0. The molecule has 0 aromatic carbocycles. The summed E-state index contributed by atoms with van der Waals surface area (Å²) >= 11 is 0. The Balaban J connectivity index is 2.46. The van der Waals surface area contributed by atoms with Crippen molar-refractivity contribution in [3.05, 3.63) is 0 Å². The zero-order chi connectivity index (χ0) is 16.1. The Labute approximate surface area is 124 Å².